The number of aliphatic hydroxyl groups is 4. The number of aldehydes is 1. The van der Waals surface area contributed by atoms with E-state index in [1.807, 2.05) is 5.32 Å². The molecule has 0 bridgehead atoms. The molecule has 1 unspecified atom stereocenters. The minimum Gasteiger partial charge on any atom is -0.387 e. The van der Waals surface area contributed by atoms with E-state index in [0.717, 1.165) is 0 Å². The molecule has 0 spiro atoms. The van der Waals surface area contributed by atoms with E-state index in [4.69, 9.17) is 27.4 Å². The van der Waals surface area contributed by atoms with Gasteiger partial charge in [-0.05, 0) is 13.5 Å². The van der Waals surface area contributed by atoms with Gasteiger partial charge >= 0.3 is 0 Å². The fourth-order valence-corrected chi connectivity index (χ4v) is 0.951. The van der Waals surface area contributed by atoms with Gasteiger partial charge in [0.05, 0.1) is 6.17 Å². The lowest BCUT2D eigenvalue weighted by Gasteiger charge is -2.24. The van der Waals surface area contributed by atoms with E-state index in [1.54, 1.807) is 0 Å². The van der Waals surface area contributed by atoms with Gasteiger partial charge in [0.1, 0.15) is 18.3 Å². The molecule has 1 amide bonds. The summed E-state index contributed by atoms with van der Waals surface area (Å²) in [5.41, 5.74) is 15.1. The van der Waals surface area contributed by atoms with Crippen molar-refractivity contribution in [1.82, 2.24) is 5.32 Å². The van der Waals surface area contributed by atoms with Gasteiger partial charge in [0, 0.05) is 6.54 Å². The Morgan fingerprint density at radius 3 is 1.71 bits per heavy atom. The highest BCUT2D eigenvalue weighted by atomic mass is 16.4. The zero-order valence-electron chi connectivity index (χ0n) is 13.8. The highest BCUT2D eigenvalue weighted by molar-refractivity contribution is 5.81. The van der Waals surface area contributed by atoms with Crippen molar-refractivity contribution in [1.29, 1.82) is 0 Å². The largest absolute Gasteiger partial charge is 0.387 e. The quantitative estimate of drug-likeness (QED) is 0.129. The van der Waals surface area contributed by atoms with Crippen molar-refractivity contribution in [3.8, 4) is 0 Å². The molecule has 143 valence electrons. The van der Waals surface area contributed by atoms with Gasteiger partial charge in [-0.3, -0.25) is 4.79 Å². The molecule has 0 fully saturated rings. The maximum absolute atomic E-state index is 11.2. The summed E-state index contributed by atoms with van der Waals surface area (Å²) < 4.78 is 0. The van der Waals surface area contributed by atoms with Gasteiger partial charge < -0.3 is 47.7 Å². The number of nitrogens with one attached hydrogen (secondary N) is 1. The summed E-state index contributed by atoms with van der Waals surface area (Å²) >= 11 is 0. The third kappa shape index (κ3) is 15.2. The molecule has 10 heteroatoms. The average molecular weight is 351 g/mol. The summed E-state index contributed by atoms with van der Waals surface area (Å²) in [5, 5.41) is 38.7. The molecule has 1 radical (unpaired) electrons. The normalized spacial score (nSPS) is 15.2. The topological polar surface area (TPSA) is 205 Å². The summed E-state index contributed by atoms with van der Waals surface area (Å²) in [7, 11) is 0. The molecule has 0 aromatic heterocycles. The van der Waals surface area contributed by atoms with E-state index in [2.05, 4.69) is 33.2 Å². The molecule has 5 atom stereocenters. The number of nitrogens with two attached hydrogens (primary N) is 3. The second-order valence-electron chi connectivity index (χ2n) is 3.69. The first-order chi connectivity index (χ1) is 11.3. The minimum absolute atomic E-state index is 0.0376. The van der Waals surface area contributed by atoms with Crippen molar-refractivity contribution in [2.24, 2.45) is 17.2 Å². The number of hydrogen-bond acceptors (Lipinski definition) is 9. The molecular formula is C14H31N4O6. The number of rotatable bonds is 7. The van der Waals surface area contributed by atoms with Crippen molar-refractivity contribution in [2.45, 2.75) is 30.6 Å². The van der Waals surface area contributed by atoms with Gasteiger partial charge in [0.25, 0.3) is 5.91 Å². The minimum atomic E-state index is -2.04. The van der Waals surface area contributed by atoms with E-state index in [9.17, 15) is 19.8 Å². The molecule has 10 nitrogen and oxygen atoms in total. The summed E-state index contributed by atoms with van der Waals surface area (Å²) in [6.07, 6.45) is -8.92. The van der Waals surface area contributed by atoms with E-state index in [1.165, 1.54) is 0 Å². The lowest BCUT2D eigenvalue weighted by Crippen LogP contribution is -2.55. The first kappa shape index (κ1) is 30.2. The molecule has 0 saturated carbocycles. The second-order valence-corrected chi connectivity index (χ2v) is 3.69. The van der Waals surface area contributed by atoms with Gasteiger partial charge in [-0.25, -0.2) is 0 Å². The number of aliphatic hydroxyl groups excluding tert-OH is 4. The number of carbonyl (C=O) groups excluding carboxylic acids is 2. The Morgan fingerprint density at radius 2 is 1.42 bits per heavy atom. The maximum Gasteiger partial charge on any atom is 0.252 e. The maximum atomic E-state index is 11.2. The predicted molar refractivity (Wildman–Crippen MR) is 92.2 cm³/mol. The molecule has 11 N–H and O–H groups in total. The smallest absolute Gasteiger partial charge is 0.252 e. The van der Waals surface area contributed by atoms with Crippen LogP contribution in [0, 0.1) is 6.92 Å². The number of carbonyl (C=O) groups is 2. The molecule has 0 aromatic carbocycles. The highest BCUT2D eigenvalue weighted by Gasteiger charge is 2.34. The molecule has 0 aliphatic heterocycles. The van der Waals surface area contributed by atoms with E-state index < -0.39 is 36.5 Å². The van der Waals surface area contributed by atoms with Crippen LogP contribution in [0.25, 0.3) is 0 Å². The summed E-state index contributed by atoms with van der Waals surface area (Å²) in [4.78, 5) is 21.4. The Bertz CT molecular complexity index is 307. The molecule has 0 aliphatic rings. The predicted octanol–water partition coefficient (Wildman–Crippen LogP) is -3.63. The van der Waals surface area contributed by atoms with E-state index >= 15 is 0 Å². The second kappa shape index (κ2) is 21.3. The monoisotopic (exact) mass is 351 g/mol. The van der Waals surface area contributed by atoms with Crippen molar-refractivity contribution < 1.29 is 30.0 Å². The Kier molecular flexibility index (Phi) is 26.9. The van der Waals surface area contributed by atoms with Crippen LogP contribution < -0.4 is 22.5 Å². The van der Waals surface area contributed by atoms with Crippen molar-refractivity contribution >= 4 is 12.2 Å². The van der Waals surface area contributed by atoms with Crippen molar-refractivity contribution in [3.05, 3.63) is 33.2 Å². The Hall–Kier alpha value is -1.66. The molecule has 0 heterocycles. The summed E-state index contributed by atoms with van der Waals surface area (Å²) in [5.74, 6) is -1.08. The van der Waals surface area contributed by atoms with Gasteiger partial charge in [-0.15, -0.1) is 26.3 Å². The SMILES string of the molecule is C=C.C=C.NCC(N)NC(=O)[C@H](O)[C@@H](O)[C@@H](O)[C@H](O)C=O.[CH2]CN. The number of amides is 1. The first-order valence-corrected chi connectivity index (χ1v) is 6.69. The summed E-state index contributed by atoms with van der Waals surface area (Å²) in [6, 6.07) is 0. The Balaban J connectivity index is -0.000000247. The fraction of sp³-hybridized carbons (Fsp3) is 0.500. The van der Waals surface area contributed by atoms with E-state index in [-0.39, 0.29) is 12.8 Å². The standard InChI is InChI=1S/C8H17N3O6.C2H6N.2C2H4/c9-1-4(10)11-8(17)7(16)6(15)5(14)3(13)2-12;1-2-3;2*1-2/h2-7,13-16H,1,9-10H2,(H,11,17);1-3H2;2*1-2H2/t3-,4?,5+,6+,7-;;;/m1.../s1. The average Bonchev–Trinajstić information content (AvgIpc) is 2.62. The third-order valence-electron chi connectivity index (χ3n) is 2.01. The zero-order chi connectivity index (χ0) is 20.3. The van der Waals surface area contributed by atoms with Crippen LogP contribution in [0.2, 0.25) is 0 Å². The van der Waals surface area contributed by atoms with Crippen molar-refractivity contribution in [3.63, 3.8) is 0 Å². The molecule has 0 saturated heterocycles. The number of hydrogen-bond donors (Lipinski definition) is 8. The van der Waals surface area contributed by atoms with Crippen LogP contribution >= 0.6 is 0 Å². The summed E-state index contributed by atoms with van der Waals surface area (Å²) in [6.45, 7) is 15.7. The van der Waals surface area contributed by atoms with Crippen LogP contribution in [-0.2, 0) is 9.59 Å². The Labute approximate surface area is 142 Å². The highest BCUT2D eigenvalue weighted by Crippen LogP contribution is 2.04. The molecule has 0 aliphatic carbocycles. The lowest BCUT2D eigenvalue weighted by atomic mass is 10.0. The zero-order valence-corrected chi connectivity index (χ0v) is 13.8. The van der Waals surface area contributed by atoms with Crippen molar-refractivity contribution in [2.75, 3.05) is 13.1 Å². The molecule has 0 rings (SSSR count). The van der Waals surface area contributed by atoms with Gasteiger partial charge in [-0.2, -0.15) is 0 Å². The Morgan fingerprint density at radius 1 is 1.04 bits per heavy atom. The van der Waals surface area contributed by atoms with Crippen LogP contribution in [0.1, 0.15) is 0 Å². The van der Waals surface area contributed by atoms with Crippen LogP contribution in [0.5, 0.6) is 0 Å². The molecular weight excluding hydrogens is 320 g/mol. The van der Waals surface area contributed by atoms with Gasteiger partial charge in [0.2, 0.25) is 0 Å². The van der Waals surface area contributed by atoms with Crippen LogP contribution in [0.4, 0.5) is 0 Å². The molecule has 0 aromatic rings. The lowest BCUT2D eigenvalue weighted by molar-refractivity contribution is -0.150. The third-order valence-corrected chi connectivity index (χ3v) is 2.01. The van der Waals surface area contributed by atoms with Gasteiger partial charge in [-0.1, -0.05) is 0 Å². The molecule has 24 heavy (non-hydrogen) atoms. The van der Waals surface area contributed by atoms with Crippen LogP contribution in [0.3, 0.4) is 0 Å². The van der Waals surface area contributed by atoms with Crippen LogP contribution in [-0.4, -0.2) is 76.3 Å². The fourth-order valence-electron chi connectivity index (χ4n) is 0.951. The first-order valence-electron chi connectivity index (χ1n) is 6.69. The van der Waals surface area contributed by atoms with Crippen LogP contribution in [0.15, 0.2) is 26.3 Å². The van der Waals surface area contributed by atoms with E-state index in [0.29, 0.717) is 6.54 Å². The van der Waals surface area contributed by atoms with Gasteiger partial charge in [0.15, 0.2) is 12.4 Å².